The van der Waals surface area contributed by atoms with E-state index in [9.17, 15) is 4.79 Å². The van der Waals surface area contributed by atoms with Crippen molar-refractivity contribution in [3.05, 3.63) is 60.4 Å². The smallest absolute Gasteiger partial charge is 0.290 e. The Morgan fingerprint density at radius 3 is 2.27 bits per heavy atom. The molecule has 3 aromatic heterocycles. The fourth-order valence-electron chi connectivity index (χ4n) is 3.12. The van der Waals surface area contributed by atoms with Crippen LogP contribution in [0.3, 0.4) is 0 Å². The highest BCUT2D eigenvalue weighted by Crippen LogP contribution is 2.18. The first kappa shape index (κ1) is 16.6. The molecule has 0 spiro atoms. The van der Waals surface area contributed by atoms with E-state index in [1.54, 1.807) is 11.0 Å². The van der Waals surface area contributed by atoms with Crippen LogP contribution in [0.5, 0.6) is 0 Å². The molecule has 1 aliphatic heterocycles. The van der Waals surface area contributed by atoms with Crippen LogP contribution >= 0.6 is 0 Å². The van der Waals surface area contributed by atoms with Crippen LogP contribution in [0.1, 0.15) is 40.5 Å². The number of aromatic nitrogens is 2. The number of carbonyl (C=O) groups is 1. The van der Waals surface area contributed by atoms with Gasteiger partial charge in [-0.15, -0.1) is 0 Å². The van der Waals surface area contributed by atoms with Crippen molar-refractivity contribution in [2.75, 3.05) is 13.1 Å². The van der Waals surface area contributed by atoms with E-state index >= 15 is 0 Å². The van der Waals surface area contributed by atoms with E-state index in [0.717, 1.165) is 25.4 Å². The van der Waals surface area contributed by atoms with Crippen LogP contribution in [0.4, 0.5) is 0 Å². The quantitative estimate of drug-likeness (QED) is 0.643. The number of oxazole rings is 2. The molecule has 4 heterocycles. The molecule has 1 saturated heterocycles. The van der Waals surface area contributed by atoms with Crippen LogP contribution in [-0.2, 0) is 19.6 Å². The first-order chi connectivity index (χ1) is 12.8. The van der Waals surface area contributed by atoms with Gasteiger partial charge in [-0.2, -0.15) is 0 Å². The van der Waals surface area contributed by atoms with Gasteiger partial charge in [0.2, 0.25) is 0 Å². The first-order valence-electron chi connectivity index (χ1n) is 8.62. The second-order valence-electron chi connectivity index (χ2n) is 6.37. The monoisotopic (exact) mass is 356 g/mol. The number of nitrogens with zero attached hydrogens (tertiary/aromatic N) is 4. The van der Waals surface area contributed by atoms with Gasteiger partial charge in [0, 0.05) is 0 Å². The van der Waals surface area contributed by atoms with E-state index in [4.69, 9.17) is 13.3 Å². The highest BCUT2D eigenvalue weighted by molar-refractivity contribution is 5.91. The minimum absolute atomic E-state index is 0.219. The second-order valence-corrected chi connectivity index (χ2v) is 6.37. The SMILES string of the molecule is O=C(c1ccc(CN2CCCC2)o1)N(Cc1cocn1)Cc1cocn1. The molecule has 1 amide bonds. The Morgan fingerprint density at radius 1 is 1.04 bits per heavy atom. The van der Waals surface area contributed by atoms with Crippen molar-refractivity contribution in [3.63, 3.8) is 0 Å². The molecular formula is C18H20N4O4. The summed E-state index contributed by atoms with van der Waals surface area (Å²) in [5, 5.41) is 0. The molecule has 0 radical (unpaired) electrons. The largest absolute Gasteiger partial charge is 0.455 e. The van der Waals surface area contributed by atoms with E-state index in [-0.39, 0.29) is 5.91 Å². The van der Waals surface area contributed by atoms with Crippen LogP contribution in [-0.4, -0.2) is 38.8 Å². The topological polar surface area (TPSA) is 88.8 Å². The summed E-state index contributed by atoms with van der Waals surface area (Å²) in [6.45, 7) is 3.48. The van der Waals surface area contributed by atoms with Gasteiger partial charge in [0.05, 0.1) is 31.0 Å². The molecule has 8 nitrogen and oxygen atoms in total. The van der Waals surface area contributed by atoms with Gasteiger partial charge in [0.1, 0.15) is 18.3 Å². The average Bonchev–Trinajstić information content (AvgIpc) is 3.43. The summed E-state index contributed by atoms with van der Waals surface area (Å²) in [5.41, 5.74) is 1.32. The molecule has 0 aliphatic carbocycles. The summed E-state index contributed by atoms with van der Waals surface area (Å²) < 4.78 is 15.8. The number of hydrogen-bond acceptors (Lipinski definition) is 7. The fourth-order valence-corrected chi connectivity index (χ4v) is 3.12. The molecular weight excluding hydrogens is 336 g/mol. The summed E-state index contributed by atoms with van der Waals surface area (Å²) in [6, 6.07) is 3.60. The molecule has 0 bridgehead atoms. The normalized spacial score (nSPS) is 14.8. The summed E-state index contributed by atoms with van der Waals surface area (Å²) in [7, 11) is 0. The minimum atomic E-state index is -0.219. The van der Waals surface area contributed by atoms with E-state index in [1.165, 1.54) is 38.2 Å². The zero-order chi connectivity index (χ0) is 17.8. The molecule has 136 valence electrons. The third kappa shape index (κ3) is 3.85. The molecule has 4 rings (SSSR count). The zero-order valence-corrected chi connectivity index (χ0v) is 14.3. The number of likely N-dealkylation sites (tertiary alicyclic amines) is 1. The molecule has 3 aromatic rings. The summed E-state index contributed by atoms with van der Waals surface area (Å²) >= 11 is 0. The Bertz CT molecular complexity index is 783. The maximum Gasteiger partial charge on any atom is 0.290 e. The van der Waals surface area contributed by atoms with Crippen molar-refractivity contribution in [3.8, 4) is 0 Å². The van der Waals surface area contributed by atoms with Gasteiger partial charge in [0.15, 0.2) is 18.5 Å². The van der Waals surface area contributed by atoms with E-state index < -0.39 is 0 Å². The summed E-state index contributed by atoms with van der Waals surface area (Å²) in [5.74, 6) is 0.896. The van der Waals surface area contributed by atoms with Crippen LogP contribution in [0.15, 0.2) is 50.7 Å². The van der Waals surface area contributed by atoms with Crippen molar-refractivity contribution in [1.29, 1.82) is 0 Å². The van der Waals surface area contributed by atoms with Crippen LogP contribution < -0.4 is 0 Å². The number of hydrogen-bond donors (Lipinski definition) is 0. The fraction of sp³-hybridized carbons (Fsp3) is 0.389. The van der Waals surface area contributed by atoms with Crippen molar-refractivity contribution < 1.29 is 18.0 Å². The lowest BCUT2D eigenvalue weighted by Gasteiger charge is -2.19. The second kappa shape index (κ2) is 7.57. The molecule has 1 fully saturated rings. The predicted octanol–water partition coefficient (Wildman–Crippen LogP) is 2.69. The minimum Gasteiger partial charge on any atom is -0.455 e. The van der Waals surface area contributed by atoms with Crippen LogP contribution in [0.2, 0.25) is 0 Å². The van der Waals surface area contributed by atoms with Crippen molar-refractivity contribution >= 4 is 5.91 Å². The molecule has 0 N–H and O–H groups in total. The average molecular weight is 356 g/mol. The van der Waals surface area contributed by atoms with Crippen LogP contribution in [0.25, 0.3) is 0 Å². The third-order valence-electron chi connectivity index (χ3n) is 4.41. The van der Waals surface area contributed by atoms with Crippen molar-refractivity contribution in [2.24, 2.45) is 0 Å². The van der Waals surface area contributed by atoms with Gasteiger partial charge in [-0.05, 0) is 38.1 Å². The number of furan rings is 1. The molecule has 8 heteroatoms. The van der Waals surface area contributed by atoms with Gasteiger partial charge in [-0.3, -0.25) is 9.69 Å². The van der Waals surface area contributed by atoms with Gasteiger partial charge in [-0.25, -0.2) is 9.97 Å². The van der Waals surface area contributed by atoms with Crippen molar-refractivity contribution in [2.45, 2.75) is 32.5 Å². The lowest BCUT2D eigenvalue weighted by atomic mass is 10.3. The molecule has 1 aliphatic rings. The lowest BCUT2D eigenvalue weighted by Crippen LogP contribution is -2.30. The maximum atomic E-state index is 12.9. The Kier molecular flexibility index (Phi) is 4.83. The standard InChI is InChI=1S/C18H20N4O4/c23-18(17-4-3-16(26-17)9-21-5-1-2-6-21)22(7-14-10-24-12-19-14)8-15-11-25-13-20-15/h3-4,10-13H,1-2,5-9H2. The van der Waals surface area contributed by atoms with E-state index in [0.29, 0.717) is 30.2 Å². The summed E-state index contributed by atoms with van der Waals surface area (Å²) in [4.78, 5) is 25.1. The van der Waals surface area contributed by atoms with Crippen LogP contribution in [0, 0.1) is 0 Å². The molecule has 0 atom stereocenters. The molecule has 26 heavy (non-hydrogen) atoms. The Hall–Kier alpha value is -2.87. The van der Waals surface area contributed by atoms with Gasteiger partial charge >= 0.3 is 0 Å². The maximum absolute atomic E-state index is 12.9. The van der Waals surface area contributed by atoms with E-state index in [2.05, 4.69) is 14.9 Å². The number of rotatable bonds is 7. The van der Waals surface area contributed by atoms with E-state index in [1.807, 2.05) is 6.07 Å². The zero-order valence-electron chi connectivity index (χ0n) is 14.3. The first-order valence-corrected chi connectivity index (χ1v) is 8.62. The molecule has 0 saturated carbocycles. The molecule has 0 unspecified atom stereocenters. The highest BCUT2D eigenvalue weighted by Gasteiger charge is 2.22. The van der Waals surface area contributed by atoms with Gasteiger partial charge in [-0.1, -0.05) is 0 Å². The van der Waals surface area contributed by atoms with Gasteiger partial charge < -0.3 is 18.2 Å². The lowest BCUT2D eigenvalue weighted by molar-refractivity contribution is 0.0689. The summed E-state index contributed by atoms with van der Waals surface area (Å²) in [6.07, 6.45) is 8.16. The number of amides is 1. The molecule has 0 aromatic carbocycles. The highest BCUT2D eigenvalue weighted by atomic mass is 16.4. The van der Waals surface area contributed by atoms with Crippen molar-refractivity contribution in [1.82, 2.24) is 19.8 Å². The Labute approximate surface area is 150 Å². The predicted molar refractivity (Wildman–Crippen MR) is 89.8 cm³/mol. The Balaban J connectivity index is 1.48. The Morgan fingerprint density at radius 2 is 1.69 bits per heavy atom. The third-order valence-corrected chi connectivity index (χ3v) is 4.41. The number of carbonyl (C=O) groups excluding carboxylic acids is 1. The van der Waals surface area contributed by atoms with Gasteiger partial charge in [0.25, 0.3) is 5.91 Å².